The van der Waals surface area contributed by atoms with Gasteiger partial charge in [0.2, 0.25) is 0 Å². The summed E-state index contributed by atoms with van der Waals surface area (Å²) < 4.78 is 0. The maximum atomic E-state index is 10.9. The summed E-state index contributed by atoms with van der Waals surface area (Å²) in [5, 5.41) is 14.3. The first-order valence-corrected chi connectivity index (χ1v) is 6.54. The van der Waals surface area contributed by atoms with Crippen LogP contribution in [0, 0.1) is 10.1 Å². The fraction of sp³-hybridized carbons (Fsp3) is 0.462. The number of nitrogens with one attached hydrogen (secondary N) is 1. The molecule has 100 valence electrons. The summed E-state index contributed by atoms with van der Waals surface area (Å²) in [5.74, 6) is 0.764. The zero-order chi connectivity index (χ0) is 13.4. The van der Waals surface area contributed by atoms with Crippen molar-refractivity contribution in [1.82, 2.24) is 5.32 Å². The van der Waals surface area contributed by atoms with Gasteiger partial charge in [-0.25, -0.2) is 0 Å². The van der Waals surface area contributed by atoms with Gasteiger partial charge in [0.05, 0.1) is 11.0 Å². The SMILES string of the molecule is Nc1ccc(C2=N[C@H]3CCCC[C@@H]3N2)cc1[N+](=O)[O-]. The van der Waals surface area contributed by atoms with E-state index in [4.69, 9.17) is 5.73 Å². The molecule has 1 fully saturated rings. The Bertz CT molecular complexity index is 556. The van der Waals surface area contributed by atoms with Gasteiger partial charge < -0.3 is 11.1 Å². The van der Waals surface area contributed by atoms with Crippen LogP contribution in [0.4, 0.5) is 11.4 Å². The number of anilines is 1. The Hall–Kier alpha value is -2.11. The number of hydrogen-bond donors (Lipinski definition) is 2. The molecule has 6 nitrogen and oxygen atoms in total. The van der Waals surface area contributed by atoms with E-state index < -0.39 is 4.92 Å². The highest BCUT2D eigenvalue weighted by atomic mass is 16.6. The van der Waals surface area contributed by atoms with Gasteiger partial charge in [-0.2, -0.15) is 0 Å². The summed E-state index contributed by atoms with van der Waals surface area (Å²) >= 11 is 0. The number of nitro groups is 1. The smallest absolute Gasteiger partial charge is 0.292 e. The zero-order valence-electron chi connectivity index (χ0n) is 10.5. The van der Waals surface area contributed by atoms with Gasteiger partial charge in [0.25, 0.3) is 5.69 Å². The minimum Gasteiger partial charge on any atom is -0.393 e. The van der Waals surface area contributed by atoms with Crippen LogP contribution in [0.3, 0.4) is 0 Å². The monoisotopic (exact) mass is 260 g/mol. The van der Waals surface area contributed by atoms with Gasteiger partial charge in [0.15, 0.2) is 0 Å². The van der Waals surface area contributed by atoms with Gasteiger partial charge in [-0.1, -0.05) is 12.8 Å². The van der Waals surface area contributed by atoms with Crippen LogP contribution >= 0.6 is 0 Å². The molecule has 0 amide bonds. The summed E-state index contributed by atoms with van der Waals surface area (Å²) in [4.78, 5) is 15.1. The lowest BCUT2D eigenvalue weighted by molar-refractivity contribution is -0.383. The van der Waals surface area contributed by atoms with Crippen LogP contribution in [0.2, 0.25) is 0 Å². The van der Waals surface area contributed by atoms with Gasteiger partial charge in [-0.3, -0.25) is 15.1 Å². The molecule has 0 aromatic heterocycles. The Balaban J connectivity index is 1.91. The van der Waals surface area contributed by atoms with E-state index in [0.29, 0.717) is 12.1 Å². The van der Waals surface area contributed by atoms with Gasteiger partial charge in [-0.15, -0.1) is 0 Å². The molecule has 0 radical (unpaired) electrons. The Morgan fingerprint density at radius 3 is 2.89 bits per heavy atom. The van der Waals surface area contributed by atoms with Crippen LogP contribution in [0.15, 0.2) is 23.2 Å². The van der Waals surface area contributed by atoms with Crippen molar-refractivity contribution in [3.8, 4) is 0 Å². The van der Waals surface area contributed by atoms with Gasteiger partial charge in [0.1, 0.15) is 11.5 Å². The van der Waals surface area contributed by atoms with Crippen LogP contribution in [-0.2, 0) is 0 Å². The molecule has 0 bridgehead atoms. The number of amidine groups is 1. The summed E-state index contributed by atoms with van der Waals surface area (Å²) in [6.45, 7) is 0. The summed E-state index contributed by atoms with van der Waals surface area (Å²) in [6, 6.07) is 5.56. The molecule has 1 aliphatic carbocycles. The Labute approximate surface area is 110 Å². The number of nitrogens with two attached hydrogens (primary N) is 1. The molecule has 1 aliphatic heterocycles. The average molecular weight is 260 g/mol. The average Bonchev–Trinajstić information content (AvgIpc) is 2.82. The van der Waals surface area contributed by atoms with Gasteiger partial charge in [0, 0.05) is 17.7 Å². The quantitative estimate of drug-likeness (QED) is 0.482. The van der Waals surface area contributed by atoms with Crippen LogP contribution in [0.1, 0.15) is 31.2 Å². The number of nitrogens with zero attached hydrogens (tertiary/aromatic N) is 2. The fourth-order valence-electron chi connectivity index (χ4n) is 2.82. The van der Waals surface area contributed by atoms with E-state index in [9.17, 15) is 10.1 Å². The third-order valence-electron chi connectivity index (χ3n) is 3.85. The normalized spacial score (nSPS) is 25.4. The molecule has 0 saturated heterocycles. The molecule has 19 heavy (non-hydrogen) atoms. The predicted octanol–water partition coefficient (Wildman–Crippen LogP) is 1.84. The number of hydrogen-bond acceptors (Lipinski definition) is 5. The van der Waals surface area contributed by atoms with E-state index in [1.165, 1.54) is 18.9 Å². The van der Waals surface area contributed by atoms with E-state index in [2.05, 4.69) is 10.3 Å². The zero-order valence-corrected chi connectivity index (χ0v) is 10.5. The molecule has 2 aliphatic rings. The Morgan fingerprint density at radius 1 is 1.37 bits per heavy atom. The second-order valence-corrected chi connectivity index (χ2v) is 5.11. The molecule has 0 unspecified atom stereocenters. The predicted molar refractivity (Wildman–Crippen MR) is 73.2 cm³/mol. The number of nitro benzene ring substituents is 1. The molecule has 1 aromatic rings. The maximum Gasteiger partial charge on any atom is 0.292 e. The largest absolute Gasteiger partial charge is 0.393 e. The molecule has 1 heterocycles. The summed E-state index contributed by atoms with van der Waals surface area (Å²) in [5.41, 5.74) is 6.48. The van der Waals surface area contributed by atoms with E-state index in [0.717, 1.165) is 24.2 Å². The second kappa shape index (κ2) is 4.53. The third-order valence-corrected chi connectivity index (χ3v) is 3.85. The second-order valence-electron chi connectivity index (χ2n) is 5.11. The minimum atomic E-state index is -0.457. The fourth-order valence-corrected chi connectivity index (χ4v) is 2.82. The lowest BCUT2D eigenvalue weighted by Crippen LogP contribution is -2.37. The number of fused-ring (bicyclic) bond motifs is 1. The standard InChI is InChI=1S/C13H16N4O2/c14-9-6-5-8(7-12(9)17(18)19)13-15-10-3-1-2-4-11(10)16-13/h5-7,10-11H,1-4,14H2,(H,15,16)/t10-,11-/m0/s1. The van der Waals surface area contributed by atoms with Crippen molar-refractivity contribution in [2.75, 3.05) is 5.73 Å². The number of rotatable bonds is 2. The molecule has 3 N–H and O–H groups in total. The topological polar surface area (TPSA) is 93.5 Å². The number of nitrogen functional groups attached to an aromatic ring is 1. The highest BCUT2D eigenvalue weighted by molar-refractivity contribution is 6.01. The van der Waals surface area contributed by atoms with Crippen molar-refractivity contribution < 1.29 is 4.92 Å². The van der Waals surface area contributed by atoms with Crippen molar-refractivity contribution in [2.45, 2.75) is 37.8 Å². The van der Waals surface area contributed by atoms with Crippen molar-refractivity contribution in [3.05, 3.63) is 33.9 Å². The first-order valence-electron chi connectivity index (χ1n) is 6.54. The van der Waals surface area contributed by atoms with Crippen LogP contribution in [-0.4, -0.2) is 22.8 Å². The van der Waals surface area contributed by atoms with E-state index in [1.54, 1.807) is 12.1 Å². The Kier molecular flexibility index (Phi) is 2.85. The molecule has 3 rings (SSSR count). The highest BCUT2D eigenvalue weighted by Gasteiger charge is 2.31. The van der Waals surface area contributed by atoms with Crippen molar-refractivity contribution in [3.63, 3.8) is 0 Å². The van der Waals surface area contributed by atoms with Crippen LogP contribution < -0.4 is 11.1 Å². The van der Waals surface area contributed by atoms with Crippen molar-refractivity contribution in [1.29, 1.82) is 0 Å². The lowest BCUT2D eigenvalue weighted by atomic mass is 9.92. The van der Waals surface area contributed by atoms with E-state index in [1.807, 2.05) is 0 Å². The maximum absolute atomic E-state index is 10.9. The molecule has 1 saturated carbocycles. The molecule has 6 heteroatoms. The molecule has 0 spiro atoms. The number of benzene rings is 1. The van der Waals surface area contributed by atoms with Gasteiger partial charge >= 0.3 is 0 Å². The van der Waals surface area contributed by atoms with Crippen molar-refractivity contribution in [2.24, 2.45) is 4.99 Å². The summed E-state index contributed by atoms with van der Waals surface area (Å²) in [6.07, 6.45) is 4.65. The molecular formula is C13H16N4O2. The molecule has 1 aromatic carbocycles. The molecular weight excluding hydrogens is 244 g/mol. The lowest BCUT2D eigenvalue weighted by Gasteiger charge is -2.23. The van der Waals surface area contributed by atoms with E-state index >= 15 is 0 Å². The van der Waals surface area contributed by atoms with Crippen molar-refractivity contribution >= 4 is 17.2 Å². The van der Waals surface area contributed by atoms with Crippen LogP contribution in [0.5, 0.6) is 0 Å². The first kappa shape index (κ1) is 12.0. The highest BCUT2D eigenvalue weighted by Crippen LogP contribution is 2.28. The van der Waals surface area contributed by atoms with Crippen LogP contribution in [0.25, 0.3) is 0 Å². The minimum absolute atomic E-state index is 0.0585. The molecule has 2 atom stereocenters. The van der Waals surface area contributed by atoms with Gasteiger partial charge in [-0.05, 0) is 25.0 Å². The number of aliphatic imine (C=N–C) groups is 1. The first-order chi connectivity index (χ1) is 9.15. The van der Waals surface area contributed by atoms with E-state index in [-0.39, 0.29) is 11.4 Å². The summed E-state index contributed by atoms with van der Waals surface area (Å²) in [7, 11) is 0. The Morgan fingerprint density at radius 2 is 2.16 bits per heavy atom. The third kappa shape index (κ3) is 2.14.